The molecular formula is C12H11ClN4O. The van der Waals surface area contributed by atoms with Crippen molar-refractivity contribution in [2.45, 2.75) is 6.92 Å². The van der Waals surface area contributed by atoms with E-state index in [4.69, 9.17) is 17.3 Å². The van der Waals surface area contributed by atoms with Crippen LogP contribution in [-0.4, -0.2) is 15.9 Å². The van der Waals surface area contributed by atoms with Crippen LogP contribution in [0.5, 0.6) is 0 Å². The fraction of sp³-hybridized carbons (Fsp3) is 0.0833. The minimum Gasteiger partial charge on any atom is -0.399 e. The molecule has 0 saturated carbocycles. The predicted molar refractivity (Wildman–Crippen MR) is 70.6 cm³/mol. The molecule has 2 aromatic rings. The Morgan fingerprint density at radius 2 is 2.11 bits per heavy atom. The van der Waals surface area contributed by atoms with E-state index in [1.54, 1.807) is 18.2 Å². The molecule has 0 spiro atoms. The van der Waals surface area contributed by atoms with Crippen molar-refractivity contribution in [3.8, 4) is 0 Å². The number of hydrogen-bond acceptors (Lipinski definition) is 4. The summed E-state index contributed by atoms with van der Waals surface area (Å²) in [4.78, 5) is 19.6. The Morgan fingerprint density at radius 3 is 2.78 bits per heavy atom. The molecule has 0 fully saturated rings. The molecule has 2 rings (SSSR count). The van der Waals surface area contributed by atoms with Gasteiger partial charge in [0.05, 0.1) is 0 Å². The molecule has 0 radical (unpaired) electrons. The fourth-order valence-corrected chi connectivity index (χ4v) is 1.67. The molecular weight excluding hydrogens is 252 g/mol. The molecule has 92 valence electrons. The van der Waals surface area contributed by atoms with Gasteiger partial charge in [-0.2, -0.15) is 0 Å². The quantitative estimate of drug-likeness (QED) is 0.643. The van der Waals surface area contributed by atoms with Crippen molar-refractivity contribution in [3.63, 3.8) is 0 Å². The second kappa shape index (κ2) is 5.01. The summed E-state index contributed by atoms with van der Waals surface area (Å²) in [6, 6.07) is 6.56. The topological polar surface area (TPSA) is 80.9 Å². The Labute approximate surface area is 109 Å². The average Bonchev–Trinajstić information content (AvgIpc) is 2.28. The van der Waals surface area contributed by atoms with Crippen molar-refractivity contribution < 1.29 is 4.79 Å². The lowest BCUT2D eigenvalue weighted by atomic mass is 10.1. The van der Waals surface area contributed by atoms with Gasteiger partial charge in [0.15, 0.2) is 0 Å². The van der Waals surface area contributed by atoms with Gasteiger partial charge in [0.1, 0.15) is 17.3 Å². The van der Waals surface area contributed by atoms with Crippen molar-refractivity contribution in [1.82, 2.24) is 9.97 Å². The van der Waals surface area contributed by atoms with Gasteiger partial charge in [-0.3, -0.25) is 4.79 Å². The van der Waals surface area contributed by atoms with E-state index in [0.717, 1.165) is 5.56 Å². The van der Waals surface area contributed by atoms with Crippen molar-refractivity contribution in [2.24, 2.45) is 0 Å². The highest BCUT2D eigenvalue weighted by Gasteiger charge is 2.10. The standard InChI is InChI=1S/C12H11ClN4O/c1-7-4-8(14)2-3-9(7)12(18)17-11-5-10(13)15-6-16-11/h2-6H,14H2,1H3,(H,15,16,17,18). The van der Waals surface area contributed by atoms with Crippen LogP contribution in [-0.2, 0) is 0 Å². The number of nitrogens with zero attached hydrogens (tertiary/aromatic N) is 2. The molecule has 0 aliphatic carbocycles. The minimum absolute atomic E-state index is 0.262. The van der Waals surface area contributed by atoms with Gasteiger partial charge in [-0.15, -0.1) is 0 Å². The number of carbonyl (C=O) groups is 1. The van der Waals surface area contributed by atoms with Crippen molar-refractivity contribution in [1.29, 1.82) is 0 Å². The molecule has 1 amide bonds. The van der Waals surface area contributed by atoms with Gasteiger partial charge in [-0.05, 0) is 30.7 Å². The predicted octanol–water partition coefficient (Wildman–Crippen LogP) is 2.27. The number of aryl methyl sites for hydroxylation is 1. The van der Waals surface area contributed by atoms with Gasteiger partial charge >= 0.3 is 0 Å². The molecule has 3 N–H and O–H groups in total. The van der Waals surface area contributed by atoms with E-state index in [0.29, 0.717) is 17.1 Å². The van der Waals surface area contributed by atoms with E-state index in [2.05, 4.69) is 15.3 Å². The molecule has 0 saturated heterocycles. The summed E-state index contributed by atoms with van der Waals surface area (Å²) in [6.07, 6.45) is 1.29. The first-order valence-electron chi connectivity index (χ1n) is 5.21. The largest absolute Gasteiger partial charge is 0.399 e. The maximum atomic E-state index is 12.0. The van der Waals surface area contributed by atoms with Gasteiger partial charge < -0.3 is 11.1 Å². The van der Waals surface area contributed by atoms with Gasteiger partial charge in [0.25, 0.3) is 5.91 Å². The molecule has 6 heteroatoms. The summed E-state index contributed by atoms with van der Waals surface area (Å²) in [5, 5.41) is 2.92. The highest BCUT2D eigenvalue weighted by molar-refractivity contribution is 6.29. The number of aromatic nitrogens is 2. The summed E-state index contributed by atoms with van der Waals surface area (Å²) < 4.78 is 0. The van der Waals surface area contributed by atoms with Crippen LogP contribution in [0.3, 0.4) is 0 Å². The Kier molecular flexibility index (Phi) is 3.43. The van der Waals surface area contributed by atoms with Crippen molar-refractivity contribution in [3.05, 3.63) is 46.9 Å². The minimum atomic E-state index is -0.262. The lowest BCUT2D eigenvalue weighted by Crippen LogP contribution is -2.14. The summed E-state index contributed by atoms with van der Waals surface area (Å²) in [5.41, 5.74) is 7.59. The van der Waals surface area contributed by atoms with E-state index in [1.165, 1.54) is 12.4 Å². The second-order valence-corrected chi connectivity index (χ2v) is 4.14. The van der Waals surface area contributed by atoms with E-state index in [-0.39, 0.29) is 11.1 Å². The smallest absolute Gasteiger partial charge is 0.257 e. The third-order valence-corrected chi connectivity index (χ3v) is 2.58. The van der Waals surface area contributed by atoms with Gasteiger partial charge in [-0.25, -0.2) is 9.97 Å². The Balaban J connectivity index is 2.22. The monoisotopic (exact) mass is 262 g/mol. The number of nitrogen functional groups attached to an aromatic ring is 1. The van der Waals surface area contributed by atoms with Crippen LogP contribution in [0.25, 0.3) is 0 Å². The van der Waals surface area contributed by atoms with E-state index in [9.17, 15) is 4.79 Å². The zero-order chi connectivity index (χ0) is 13.1. The summed E-state index contributed by atoms with van der Waals surface area (Å²) >= 11 is 5.71. The van der Waals surface area contributed by atoms with E-state index >= 15 is 0 Å². The fourth-order valence-electron chi connectivity index (χ4n) is 1.53. The van der Waals surface area contributed by atoms with Crippen LogP contribution in [0.1, 0.15) is 15.9 Å². The lowest BCUT2D eigenvalue weighted by Gasteiger charge is -2.07. The van der Waals surface area contributed by atoms with Gasteiger partial charge in [0.2, 0.25) is 0 Å². The molecule has 1 heterocycles. The van der Waals surface area contributed by atoms with Crippen LogP contribution in [0.4, 0.5) is 11.5 Å². The first-order chi connectivity index (χ1) is 8.56. The van der Waals surface area contributed by atoms with Gasteiger partial charge in [0, 0.05) is 17.3 Å². The SMILES string of the molecule is Cc1cc(N)ccc1C(=O)Nc1cc(Cl)ncn1. The Bertz CT molecular complexity index is 600. The molecule has 5 nitrogen and oxygen atoms in total. The van der Waals surface area contributed by atoms with Crippen LogP contribution in [0.2, 0.25) is 5.15 Å². The van der Waals surface area contributed by atoms with Crippen LogP contribution >= 0.6 is 11.6 Å². The number of hydrogen-bond donors (Lipinski definition) is 2. The number of carbonyl (C=O) groups excluding carboxylic acids is 1. The first kappa shape index (κ1) is 12.3. The number of benzene rings is 1. The molecule has 0 unspecified atom stereocenters. The molecule has 0 aliphatic rings. The zero-order valence-electron chi connectivity index (χ0n) is 9.64. The Hall–Kier alpha value is -2.14. The van der Waals surface area contributed by atoms with Crippen LogP contribution in [0.15, 0.2) is 30.6 Å². The highest BCUT2D eigenvalue weighted by Crippen LogP contribution is 2.15. The van der Waals surface area contributed by atoms with E-state index in [1.807, 2.05) is 6.92 Å². The molecule has 0 bridgehead atoms. The number of anilines is 2. The number of rotatable bonds is 2. The summed E-state index contributed by atoms with van der Waals surface area (Å²) in [6.45, 7) is 1.82. The van der Waals surface area contributed by atoms with E-state index < -0.39 is 0 Å². The molecule has 18 heavy (non-hydrogen) atoms. The lowest BCUT2D eigenvalue weighted by molar-refractivity contribution is 0.102. The normalized spacial score (nSPS) is 10.1. The first-order valence-corrected chi connectivity index (χ1v) is 5.59. The number of amides is 1. The third kappa shape index (κ3) is 2.75. The maximum absolute atomic E-state index is 12.0. The third-order valence-electron chi connectivity index (χ3n) is 2.37. The summed E-state index contributed by atoms with van der Waals surface area (Å²) in [5.74, 6) is 0.0958. The molecule has 0 aliphatic heterocycles. The second-order valence-electron chi connectivity index (χ2n) is 3.75. The van der Waals surface area contributed by atoms with Crippen LogP contribution < -0.4 is 11.1 Å². The van der Waals surface area contributed by atoms with Crippen molar-refractivity contribution >= 4 is 29.0 Å². The average molecular weight is 263 g/mol. The summed E-state index contributed by atoms with van der Waals surface area (Å²) in [7, 11) is 0. The van der Waals surface area contributed by atoms with Crippen molar-refractivity contribution in [2.75, 3.05) is 11.1 Å². The number of nitrogens with one attached hydrogen (secondary N) is 1. The number of halogens is 1. The number of nitrogens with two attached hydrogens (primary N) is 1. The highest BCUT2D eigenvalue weighted by atomic mass is 35.5. The molecule has 1 aromatic heterocycles. The van der Waals surface area contributed by atoms with Crippen LogP contribution in [0, 0.1) is 6.92 Å². The molecule has 0 atom stereocenters. The maximum Gasteiger partial charge on any atom is 0.257 e. The Morgan fingerprint density at radius 1 is 1.33 bits per heavy atom. The molecule has 1 aromatic carbocycles. The zero-order valence-corrected chi connectivity index (χ0v) is 10.4. The van der Waals surface area contributed by atoms with Gasteiger partial charge in [-0.1, -0.05) is 11.6 Å².